The number of nitrogens with zero attached hydrogens (tertiary/aromatic N) is 2. The van der Waals surface area contributed by atoms with E-state index in [1.807, 2.05) is 60.7 Å². The normalized spacial score (nSPS) is 13.9. The van der Waals surface area contributed by atoms with Gasteiger partial charge >= 0.3 is 0 Å². The Morgan fingerprint density at radius 2 is 1.62 bits per heavy atom. The van der Waals surface area contributed by atoms with E-state index < -0.39 is 0 Å². The Hall–Kier alpha value is -3.73. The number of carbonyl (C=O) groups excluding carboxylic acids is 2. The van der Waals surface area contributed by atoms with Gasteiger partial charge in [0.25, 0.3) is 11.8 Å². The average molecular weight is 383 g/mol. The number of aryl methyl sites for hydroxylation is 1. The zero-order valence-electron chi connectivity index (χ0n) is 16.1. The average Bonchev–Trinajstić information content (AvgIpc) is 3.00. The molecule has 0 saturated heterocycles. The number of aromatic nitrogens is 1. The highest BCUT2D eigenvalue weighted by Crippen LogP contribution is 2.31. The van der Waals surface area contributed by atoms with Crippen molar-refractivity contribution in [2.45, 2.75) is 19.9 Å². The minimum Gasteiger partial charge on any atom is -0.350 e. The quantitative estimate of drug-likeness (QED) is 0.653. The van der Waals surface area contributed by atoms with E-state index in [0.29, 0.717) is 16.8 Å². The lowest BCUT2D eigenvalue weighted by atomic mass is 10.0. The lowest BCUT2D eigenvalue weighted by Crippen LogP contribution is -2.32. The van der Waals surface area contributed by atoms with Crippen molar-refractivity contribution in [3.8, 4) is 0 Å². The van der Waals surface area contributed by atoms with Gasteiger partial charge in [0, 0.05) is 18.1 Å². The molecule has 0 bridgehead atoms. The molecule has 0 radical (unpaired) electrons. The molecule has 1 aliphatic heterocycles. The fourth-order valence-electron chi connectivity index (χ4n) is 3.35. The third-order valence-corrected chi connectivity index (χ3v) is 4.93. The fraction of sp³-hybridized carbons (Fsp3) is 0.125. The molecular formula is C24H21N3O2. The topological polar surface area (TPSA) is 62.3 Å². The van der Waals surface area contributed by atoms with Crippen LogP contribution in [0.2, 0.25) is 0 Å². The molecule has 1 aliphatic rings. The molecule has 0 unspecified atom stereocenters. The number of pyridine rings is 1. The molecule has 0 spiro atoms. The maximum atomic E-state index is 13.2. The third-order valence-electron chi connectivity index (χ3n) is 4.93. The number of hydrogen-bond acceptors (Lipinski definition) is 4. The van der Waals surface area contributed by atoms with Crippen LogP contribution in [0.4, 0.5) is 5.69 Å². The van der Waals surface area contributed by atoms with Crippen LogP contribution in [0, 0.1) is 0 Å². The van der Waals surface area contributed by atoms with E-state index in [1.54, 1.807) is 18.5 Å². The Morgan fingerprint density at radius 1 is 0.862 bits per heavy atom. The van der Waals surface area contributed by atoms with Gasteiger partial charge in [0.1, 0.15) is 5.70 Å². The first-order valence-electron chi connectivity index (χ1n) is 9.58. The standard InChI is InChI=1S/C24H21N3O2/c1-2-17-10-12-20(13-11-17)26-22-21(19-8-4-3-5-9-19)23(28)27(24(22)29)16-18-7-6-14-25-15-18/h3-15,26H,2,16H2,1H3. The number of nitrogens with one attached hydrogen (secondary N) is 1. The van der Waals surface area contributed by atoms with E-state index in [0.717, 1.165) is 17.7 Å². The van der Waals surface area contributed by atoms with Gasteiger partial charge in [-0.3, -0.25) is 19.5 Å². The summed E-state index contributed by atoms with van der Waals surface area (Å²) >= 11 is 0. The second-order valence-electron chi connectivity index (χ2n) is 6.85. The van der Waals surface area contributed by atoms with Crippen LogP contribution in [0.1, 0.15) is 23.6 Å². The summed E-state index contributed by atoms with van der Waals surface area (Å²) in [6.07, 6.45) is 4.27. The molecule has 2 amide bonds. The third kappa shape index (κ3) is 3.80. The van der Waals surface area contributed by atoms with Crippen LogP contribution < -0.4 is 5.32 Å². The summed E-state index contributed by atoms with van der Waals surface area (Å²) in [6, 6.07) is 20.8. The van der Waals surface area contributed by atoms with Crippen molar-refractivity contribution in [3.05, 3.63) is 102 Å². The number of benzene rings is 2. The van der Waals surface area contributed by atoms with Crippen molar-refractivity contribution in [1.82, 2.24) is 9.88 Å². The molecule has 0 aliphatic carbocycles. The summed E-state index contributed by atoms with van der Waals surface area (Å²) in [5.41, 5.74) is 4.19. The highest BCUT2D eigenvalue weighted by atomic mass is 16.2. The number of amides is 2. The summed E-state index contributed by atoms with van der Waals surface area (Å²) in [5.74, 6) is -0.644. The predicted molar refractivity (Wildman–Crippen MR) is 113 cm³/mol. The second-order valence-corrected chi connectivity index (χ2v) is 6.85. The van der Waals surface area contributed by atoms with Crippen LogP contribution >= 0.6 is 0 Å². The van der Waals surface area contributed by atoms with Crippen LogP contribution in [0.5, 0.6) is 0 Å². The minimum absolute atomic E-state index is 0.182. The monoisotopic (exact) mass is 383 g/mol. The van der Waals surface area contributed by atoms with Crippen LogP contribution in [0.25, 0.3) is 5.57 Å². The van der Waals surface area contributed by atoms with Gasteiger partial charge < -0.3 is 5.32 Å². The molecule has 29 heavy (non-hydrogen) atoms. The van der Waals surface area contributed by atoms with Gasteiger partial charge in [0.2, 0.25) is 0 Å². The molecular weight excluding hydrogens is 362 g/mol. The lowest BCUT2D eigenvalue weighted by molar-refractivity contribution is -0.137. The van der Waals surface area contributed by atoms with Crippen molar-refractivity contribution in [2.24, 2.45) is 0 Å². The van der Waals surface area contributed by atoms with Gasteiger partial charge in [-0.05, 0) is 41.3 Å². The van der Waals surface area contributed by atoms with Crippen molar-refractivity contribution in [2.75, 3.05) is 5.32 Å². The molecule has 144 valence electrons. The van der Waals surface area contributed by atoms with E-state index in [4.69, 9.17) is 0 Å². The molecule has 0 saturated carbocycles. The van der Waals surface area contributed by atoms with Crippen molar-refractivity contribution in [1.29, 1.82) is 0 Å². The Labute approximate surface area is 169 Å². The molecule has 5 heteroatoms. The van der Waals surface area contributed by atoms with Crippen LogP contribution in [-0.4, -0.2) is 21.7 Å². The molecule has 2 heterocycles. The second kappa shape index (κ2) is 8.10. The molecule has 0 fully saturated rings. The van der Waals surface area contributed by atoms with E-state index in [9.17, 15) is 9.59 Å². The molecule has 1 N–H and O–H groups in total. The first kappa shape index (κ1) is 18.6. The van der Waals surface area contributed by atoms with Gasteiger partial charge in [-0.2, -0.15) is 0 Å². The highest BCUT2D eigenvalue weighted by Gasteiger charge is 2.39. The highest BCUT2D eigenvalue weighted by molar-refractivity contribution is 6.36. The van der Waals surface area contributed by atoms with E-state index in [2.05, 4.69) is 17.2 Å². The molecule has 0 atom stereocenters. The molecule has 3 aromatic rings. The summed E-state index contributed by atoms with van der Waals surface area (Å²) < 4.78 is 0. The minimum atomic E-state index is -0.336. The Kier molecular flexibility index (Phi) is 5.20. The number of hydrogen-bond donors (Lipinski definition) is 1. The largest absolute Gasteiger partial charge is 0.350 e. The predicted octanol–water partition coefficient (Wildman–Crippen LogP) is 4.04. The zero-order chi connectivity index (χ0) is 20.2. The Bertz CT molecular complexity index is 1060. The van der Waals surface area contributed by atoms with Crippen LogP contribution in [-0.2, 0) is 22.6 Å². The number of carbonyl (C=O) groups is 2. The number of anilines is 1. The maximum absolute atomic E-state index is 13.2. The van der Waals surface area contributed by atoms with Gasteiger partial charge in [-0.25, -0.2) is 0 Å². The zero-order valence-corrected chi connectivity index (χ0v) is 16.1. The van der Waals surface area contributed by atoms with Gasteiger partial charge in [0.05, 0.1) is 12.1 Å². The Balaban J connectivity index is 1.71. The summed E-state index contributed by atoms with van der Waals surface area (Å²) in [7, 11) is 0. The van der Waals surface area contributed by atoms with Gasteiger partial charge in [-0.15, -0.1) is 0 Å². The number of imide groups is 1. The first-order chi connectivity index (χ1) is 14.2. The summed E-state index contributed by atoms with van der Waals surface area (Å²) in [5, 5.41) is 3.19. The SMILES string of the molecule is CCc1ccc(NC2=C(c3ccccc3)C(=O)N(Cc3cccnc3)C2=O)cc1. The van der Waals surface area contributed by atoms with Crippen LogP contribution in [0.3, 0.4) is 0 Å². The van der Waals surface area contributed by atoms with E-state index in [-0.39, 0.29) is 18.4 Å². The van der Waals surface area contributed by atoms with E-state index >= 15 is 0 Å². The Morgan fingerprint density at radius 3 is 2.28 bits per heavy atom. The smallest absolute Gasteiger partial charge is 0.278 e. The fourth-order valence-corrected chi connectivity index (χ4v) is 3.35. The van der Waals surface area contributed by atoms with E-state index in [1.165, 1.54) is 10.5 Å². The first-order valence-corrected chi connectivity index (χ1v) is 9.58. The molecule has 1 aromatic heterocycles. The van der Waals surface area contributed by atoms with Crippen molar-refractivity contribution < 1.29 is 9.59 Å². The van der Waals surface area contributed by atoms with Crippen molar-refractivity contribution in [3.63, 3.8) is 0 Å². The summed E-state index contributed by atoms with van der Waals surface area (Å²) in [4.78, 5) is 31.7. The van der Waals surface area contributed by atoms with Crippen LogP contribution in [0.15, 0.2) is 84.8 Å². The maximum Gasteiger partial charge on any atom is 0.278 e. The summed E-state index contributed by atoms with van der Waals surface area (Å²) in [6.45, 7) is 2.27. The van der Waals surface area contributed by atoms with Crippen molar-refractivity contribution >= 4 is 23.1 Å². The van der Waals surface area contributed by atoms with Gasteiger partial charge in [0.15, 0.2) is 0 Å². The van der Waals surface area contributed by atoms with Gasteiger partial charge in [-0.1, -0.05) is 55.5 Å². The number of rotatable bonds is 6. The molecule has 5 nitrogen and oxygen atoms in total. The molecule has 2 aromatic carbocycles. The molecule has 4 rings (SSSR count). The lowest BCUT2D eigenvalue weighted by Gasteiger charge is -2.15.